The zero-order chi connectivity index (χ0) is 38.4. The number of pyridine rings is 1. The van der Waals surface area contributed by atoms with Gasteiger partial charge in [-0.3, -0.25) is 29.1 Å². The van der Waals surface area contributed by atoms with Crippen LogP contribution >= 0.6 is 0 Å². The highest BCUT2D eigenvalue weighted by Crippen LogP contribution is 2.29. The third-order valence-electron chi connectivity index (χ3n) is 7.99. The third kappa shape index (κ3) is 17.7. The summed E-state index contributed by atoms with van der Waals surface area (Å²) in [7, 11) is 0. The van der Waals surface area contributed by atoms with Gasteiger partial charge in [0, 0.05) is 44.0 Å². The summed E-state index contributed by atoms with van der Waals surface area (Å²) in [4.78, 5) is 58.1. The number of Topliss-reactive ketones (excluding diaryl/α,β-unsaturated/α-hetero) is 1. The van der Waals surface area contributed by atoms with Crippen LogP contribution in [-0.4, -0.2) is 109 Å². The molecular formula is C39H58N6O7. The Morgan fingerprint density at radius 2 is 1.79 bits per heavy atom. The van der Waals surface area contributed by atoms with Crippen LogP contribution in [0.4, 0.5) is 0 Å². The molecule has 1 fully saturated rings. The average molecular weight is 723 g/mol. The van der Waals surface area contributed by atoms with Gasteiger partial charge in [0.25, 0.3) is 5.91 Å². The minimum absolute atomic E-state index is 0.0460. The first-order valence-electron chi connectivity index (χ1n) is 18.0. The van der Waals surface area contributed by atoms with Gasteiger partial charge in [0.05, 0.1) is 25.8 Å². The van der Waals surface area contributed by atoms with E-state index in [0.29, 0.717) is 39.0 Å². The smallest absolute Gasteiger partial charge is 0.273 e. The van der Waals surface area contributed by atoms with E-state index in [2.05, 4.69) is 57.0 Å². The van der Waals surface area contributed by atoms with E-state index in [1.54, 1.807) is 19.2 Å². The largest absolute Gasteiger partial charge is 0.386 e. The molecular weight excluding hydrogens is 664 g/mol. The highest BCUT2D eigenvalue weighted by Gasteiger charge is 2.50. The molecule has 1 saturated heterocycles. The number of hydrogen-bond donors (Lipinski definition) is 3. The van der Waals surface area contributed by atoms with Gasteiger partial charge in [-0.05, 0) is 70.9 Å². The molecule has 286 valence electrons. The maximum atomic E-state index is 12.3. The second-order valence-electron chi connectivity index (χ2n) is 13.3. The molecule has 4 atom stereocenters. The number of aryl methyl sites for hydroxylation is 1. The molecule has 2 aliphatic rings. The van der Waals surface area contributed by atoms with Crippen molar-refractivity contribution in [1.82, 2.24) is 25.8 Å². The summed E-state index contributed by atoms with van der Waals surface area (Å²) in [6.45, 7) is 18.0. The summed E-state index contributed by atoms with van der Waals surface area (Å²) in [6, 6.07) is 15.4. The predicted octanol–water partition coefficient (Wildman–Crippen LogP) is 3.41. The van der Waals surface area contributed by atoms with E-state index in [9.17, 15) is 19.2 Å². The number of hydrogen-bond acceptors (Lipinski definition) is 10. The molecule has 13 nitrogen and oxygen atoms in total. The topological polar surface area (TPSA) is 164 Å². The van der Waals surface area contributed by atoms with Crippen LogP contribution in [0.1, 0.15) is 59.2 Å². The lowest BCUT2D eigenvalue weighted by Gasteiger charge is -2.25. The summed E-state index contributed by atoms with van der Waals surface area (Å²) in [6.07, 6.45) is 6.88. The molecule has 52 heavy (non-hydrogen) atoms. The van der Waals surface area contributed by atoms with Gasteiger partial charge in [-0.2, -0.15) is 0 Å². The molecule has 2 aromatic rings. The second kappa shape index (κ2) is 23.9. The van der Waals surface area contributed by atoms with Gasteiger partial charge >= 0.3 is 0 Å². The fourth-order valence-electron chi connectivity index (χ4n) is 4.99. The summed E-state index contributed by atoms with van der Waals surface area (Å²) in [5.74, 6) is -0.432. The Kier molecular flexibility index (Phi) is 20.1. The predicted molar refractivity (Wildman–Crippen MR) is 202 cm³/mol. The maximum Gasteiger partial charge on any atom is 0.273 e. The molecule has 0 saturated carbocycles. The Balaban J connectivity index is 0.000000319. The number of benzene rings is 1. The summed E-state index contributed by atoms with van der Waals surface area (Å²) in [5, 5.41) is 11.8. The van der Waals surface area contributed by atoms with Crippen molar-refractivity contribution in [2.75, 3.05) is 46.0 Å². The minimum Gasteiger partial charge on any atom is -0.386 e. The van der Waals surface area contributed by atoms with Crippen molar-refractivity contribution in [3.8, 4) is 0 Å². The van der Waals surface area contributed by atoms with Crippen molar-refractivity contribution in [2.45, 2.75) is 85.1 Å². The van der Waals surface area contributed by atoms with Gasteiger partial charge in [0.1, 0.15) is 5.60 Å². The number of ether oxygens (including phenoxy) is 2. The lowest BCUT2D eigenvalue weighted by atomic mass is 9.93. The van der Waals surface area contributed by atoms with Crippen LogP contribution in [0, 0.1) is 12.8 Å². The molecule has 4 rings (SSSR count). The van der Waals surface area contributed by atoms with Gasteiger partial charge in [0.2, 0.25) is 12.3 Å². The summed E-state index contributed by atoms with van der Waals surface area (Å²) in [5.41, 5.74) is 1.80. The van der Waals surface area contributed by atoms with E-state index >= 15 is 0 Å². The minimum atomic E-state index is -0.745. The standard InChI is InChI=1S/C20H30N4O3.C12H20N2O4.C7H8/c1-4-24(12-13-26-5-2)15-18-9-10-19(23-27-18)20(25)22-16(3)14-17-8-6-7-11-21-17;1-8(2)4-9(11(17)12(3)6-18-12)14-10(16)5-13-7-15;1-7-5-3-2-4-6-7/h6-11,16,18H,4-5,12-15H2,1-3H3,(H,22,25);7-9H,4-6H2,1-3H3,(H,13,15)(H,14,16);2-6H,1H3. The number of epoxide rings is 1. The van der Waals surface area contributed by atoms with Crippen molar-refractivity contribution in [2.24, 2.45) is 11.1 Å². The van der Waals surface area contributed by atoms with Crippen molar-refractivity contribution in [3.63, 3.8) is 0 Å². The molecule has 1 aromatic heterocycles. The Hall–Kier alpha value is -4.46. The van der Waals surface area contributed by atoms with E-state index in [0.717, 1.165) is 25.4 Å². The number of carbonyl (C=O) groups is 4. The first-order chi connectivity index (χ1) is 24.9. The fourth-order valence-corrected chi connectivity index (χ4v) is 4.99. The molecule has 0 spiro atoms. The Bertz CT molecular complexity index is 1420. The van der Waals surface area contributed by atoms with Gasteiger partial charge in [-0.1, -0.05) is 67.9 Å². The number of carbonyl (C=O) groups excluding carboxylic acids is 4. The van der Waals surface area contributed by atoms with Crippen molar-refractivity contribution < 1.29 is 33.5 Å². The molecule has 0 bridgehead atoms. The quantitative estimate of drug-likeness (QED) is 0.112. The van der Waals surface area contributed by atoms with Crippen molar-refractivity contribution in [3.05, 3.63) is 78.1 Å². The molecule has 3 amide bonds. The summed E-state index contributed by atoms with van der Waals surface area (Å²) < 4.78 is 10.5. The molecule has 4 unspecified atom stereocenters. The first-order valence-corrected chi connectivity index (χ1v) is 18.0. The SMILES string of the molecule is CC(C)CC(NC(=O)CNC=O)C(=O)C1(C)CO1.CCOCCN(CC)CC1C=CC(C(=O)NC(C)Cc2ccccn2)=NO1.Cc1ccccc1. The Morgan fingerprint density at radius 1 is 1.08 bits per heavy atom. The highest BCUT2D eigenvalue weighted by molar-refractivity contribution is 6.43. The lowest BCUT2D eigenvalue weighted by Crippen LogP contribution is -2.48. The van der Waals surface area contributed by atoms with E-state index in [4.69, 9.17) is 14.3 Å². The van der Waals surface area contributed by atoms with Gasteiger partial charge in [-0.25, -0.2) is 0 Å². The number of rotatable bonds is 19. The molecule has 0 radical (unpaired) electrons. The Labute approximate surface area is 308 Å². The van der Waals surface area contributed by atoms with Crippen molar-refractivity contribution in [1.29, 1.82) is 0 Å². The van der Waals surface area contributed by atoms with Crippen LogP contribution in [0.5, 0.6) is 0 Å². The zero-order valence-electron chi connectivity index (χ0n) is 31.8. The number of nitrogens with one attached hydrogen (secondary N) is 3. The van der Waals surface area contributed by atoms with E-state index in [1.165, 1.54) is 5.56 Å². The molecule has 3 heterocycles. The first kappa shape index (κ1) is 43.7. The van der Waals surface area contributed by atoms with Crippen LogP contribution in [0.2, 0.25) is 0 Å². The molecule has 3 N–H and O–H groups in total. The maximum absolute atomic E-state index is 12.3. The molecule has 1 aromatic carbocycles. The zero-order valence-corrected chi connectivity index (χ0v) is 31.8. The lowest BCUT2D eigenvalue weighted by molar-refractivity contribution is -0.130. The highest BCUT2D eigenvalue weighted by atomic mass is 16.6. The van der Waals surface area contributed by atoms with Crippen LogP contribution < -0.4 is 16.0 Å². The molecule has 2 aliphatic heterocycles. The number of oxime groups is 1. The Morgan fingerprint density at radius 3 is 2.31 bits per heavy atom. The average Bonchev–Trinajstić information content (AvgIpc) is 3.89. The van der Waals surface area contributed by atoms with Crippen molar-refractivity contribution >= 4 is 29.7 Å². The van der Waals surface area contributed by atoms with Crippen LogP contribution in [0.15, 0.2) is 72.0 Å². The van der Waals surface area contributed by atoms with Gasteiger partial charge in [-0.15, -0.1) is 0 Å². The van der Waals surface area contributed by atoms with Crippen LogP contribution in [0.25, 0.3) is 0 Å². The van der Waals surface area contributed by atoms with Crippen LogP contribution in [0.3, 0.4) is 0 Å². The summed E-state index contributed by atoms with van der Waals surface area (Å²) >= 11 is 0. The third-order valence-corrected chi connectivity index (χ3v) is 7.99. The van der Waals surface area contributed by atoms with Gasteiger partial charge < -0.3 is 30.3 Å². The van der Waals surface area contributed by atoms with E-state index in [-0.39, 0.29) is 47.9 Å². The second-order valence-corrected chi connectivity index (χ2v) is 13.3. The number of ketones is 1. The molecule has 0 aliphatic carbocycles. The molecule has 13 heteroatoms. The van der Waals surface area contributed by atoms with E-state index < -0.39 is 11.6 Å². The van der Waals surface area contributed by atoms with E-state index in [1.807, 2.05) is 70.2 Å². The number of likely N-dealkylation sites (N-methyl/N-ethyl adjacent to an activating group) is 1. The number of amides is 3. The fraction of sp³-hybridized carbons (Fsp3) is 0.538. The van der Waals surface area contributed by atoms with Crippen LogP contribution in [-0.2, 0) is 39.9 Å². The van der Waals surface area contributed by atoms with Gasteiger partial charge in [0.15, 0.2) is 17.6 Å². The number of aromatic nitrogens is 1. The monoisotopic (exact) mass is 722 g/mol. The number of nitrogens with zero attached hydrogens (tertiary/aromatic N) is 3. The normalized spacial score (nSPS) is 18.2.